The van der Waals surface area contributed by atoms with E-state index in [1.165, 1.54) is 11.1 Å². The molecule has 0 saturated carbocycles. The van der Waals surface area contributed by atoms with E-state index < -0.39 is 23.8 Å². The number of carboxylic acids is 1. The van der Waals surface area contributed by atoms with Gasteiger partial charge in [0.2, 0.25) is 11.8 Å². The summed E-state index contributed by atoms with van der Waals surface area (Å²) in [5, 5.41) is 12.2. The highest BCUT2D eigenvalue weighted by molar-refractivity contribution is 6.34. The molecule has 1 aromatic carbocycles. The van der Waals surface area contributed by atoms with Gasteiger partial charge in [0.05, 0.1) is 34.8 Å². The molecule has 2 unspecified atom stereocenters. The number of carboxylic acid groups (broad SMARTS) is 1. The molecule has 6 N–H and O–H groups in total. The normalized spacial score (nSPS) is 16.6. The van der Waals surface area contributed by atoms with Gasteiger partial charge in [0.25, 0.3) is 0 Å². The van der Waals surface area contributed by atoms with Crippen LogP contribution in [0.25, 0.3) is 0 Å². The van der Waals surface area contributed by atoms with Crippen LogP contribution in [-0.2, 0) is 14.4 Å². The Bertz CT molecular complexity index is 1030. The van der Waals surface area contributed by atoms with Crippen LogP contribution < -0.4 is 21.7 Å². The Morgan fingerprint density at radius 3 is 2.77 bits per heavy atom. The van der Waals surface area contributed by atoms with Crippen LogP contribution >= 0.6 is 11.6 Å². The first-order valence-corrected chi connectivity index (χ1v) is 9.74. The van der Waals surface area contributed by atoms with Crippen molar-refractivity contribution in [2.75, 3.05) is 11.4 Å². The van der Waals surface area contributed by atoms with E-state index in [0.29, 0.717) is 22.0 Å². The maximum absolute atomic E-state index is 12.8. The van der Waals surface area contributed by atoms with Crippen molar-refractivity contribution in [2.24, 2.45) is 22.4 Å². The molecule has 1 fully saturated rings. The molecule has 2 atom stereocenters. The monoisotopic (exact) mass is 444 g/mol. The van der Waals surface area contributed by atoms with Crippen molar-refractivity contribution in [3.8, 4) is 0 Å². The van der Waals surface area contributed by atoms with E-state index in [4.69, 9.17) is 23.1 Å². The Morgan fingerprint density at radius 1 is 1.35 bits per heavy atom. The van der Waals surface area contributed by atoms with Crippen LogP contribution in [0.5, 0.6) is 0 Å². The van der Waals surface area contributed by atoms with Crippen molar-refractivity contribution >= 4 is 46.7 Å². The van der Waals surface area contributed by atoms with Gasteiger partial charge in [0, 0.05) is 25.4 Å². The summed E-state index contributed by atoms with van der Waals surface area (Å²) in [6.45, 7) is 0.0858. The van der Waals surface area contributed by atoms with Crippen LogP contribution in [-0.4, -0.2) is 40.4 Å². The Labute approximate surface area is 182 Å². The van der Waals surface area contributed by atoms with E-state index in [2.05, 4.69) is 15.3 Å². The summed E-state index contributed by atoms with van der Waals surface area (Å²) in [7, 11) is 0. The zero-order chi connectivity index (χ0) is 22.5. The number of amides is 2. The fraction of sp³-hybridized carbons (Fsp3) is 0.250. The molecule has 1 aliphatic rings. The van der Waals surface area contributed by atoms with Crippen LogP contribution in [0.3, 0.4) is 0 Å². The van der Waals surface area contributed by atoms with Gasteiger partial charge in [-0.15, -0.1) is 0 Å². The fourth-order valence-electron chi connectivity index (χ4n) is 3.34. The SMILES string of the molecule is NC(N)=Nc1ccc(Cl)c(N2CC(C(=O)NC(CC(=O)O)c3cccnc3)CC2=O)c1. The van der Waals surface area contributed by atoms with Gasteiger partial charge in [-0.3, -0.25) is 19.4 Å². The number of hydrogen-bond acceptors (Lipinski definition) is 5. The summed E-state index contributed by atoms with van der Waals surface area (Å²) in [6, 6.07) is 7.29. The van der Waals surface area contributed by atoms with Gasteiger partial charge in [-0.1, -0.05) is 17.7 Å². The molecule has 11 heteroatoms. The molecule has 0 spiro atoms. The summed E-state index contributed by atoms with van der Waals surface area (Å²) in [4.78, 5) is 46.0. The molecule has 0 aliphatic carbocycles. The van der Waals surface area contributed by atoms with Crippen LogP contribution in [0.1, 0.15) is 24.4 Å². The Balaban J connectivity index is 1.77. The second kappa shape index (κ2) is 9.43. The molecule has 0 bridgehead atoms. The van der Waals surface area contributed by atoms with E-state index >= 15 is 0 Å². The first-order valence-electron chi connectivity index (χ1n) is 9.36. The van der Waals surface area contributed by atoms with Crippen molar-refractivity contribution < 1.29 is 19.5 Å². The number of pyridine rings is 1. The van der Waals surface area contributed by atoms with Crippen molar-refractivity contribution in [1.82, 2.24) is 10.3 Å². The van der Waals surface area contributed by atoms with Crippen LogP contribution in [0, 0.1) is 5.92 Å². The maximum Gasteiger partial charge on any atom is 0.305 e. The van der Waals surface area contributed by atoms with E-state index in [0.717, 1.165) is 0 Å². The lowest BCUT2D eigenvalue weighted by atomic mass is 10.0. The number of carbonyl (C=O) groups excluding carboxylic acids is 2. The second-order valence-electron chi connectivity index (χ2n) is 7.02. The number of nitrogens with two attached hydrogens (primary N) is 2. The van der Waals surface area contributed by atoms with Crippen molar-refractivity contribution in [1.29, 1.82) is 0 Å². The number of nitrogens with zero attached hydrogens (tertiary/aromatic N) is 3. The second-order valence-corrected chi connectivity index (χ2v) is 7.43. The molecule has 1 aromatic heterocycles. The Morgan fingerprint density at radius 2 is 2.13 bits per heavy atom. The molecule has 162 valence electrons. The van der Waals surface area contributed by atoms with E-state index in [-0.39, 0.29) is 31.3 Å². The molecule has 0 radical (unpaired) electrons. The summed E-state index contributed by atoms with van der Waals surface area (Å²) >= 11 is 6.25. The number of anilines is 1. The number of benzene rings is 1. The lowest BCUT2D eigenvalue weighted by molar-refractivity contribution is -0.138. The number of carbonyl (C=O) groups is 3. The highest BCUT2D eigenvalue weighted by Crippen LogP contribution is 2.34. The smallest absolute Gasteiger partial charge is 0.305 e. The quantitative estimate of drug-likeness (QED) is 0.369. The van der Waals surface area contributed by atoms with Gasteiger partial charge in [-0.2, -0.15) is 0 Å². The van der Waals surface area contributed by atoms with Gasteiger partial charge in [-0.25, -0.2) is 4.99 Å². The summed E-state index contributed by atoms with van der Waals surface area (Å²) < 4.78 is 0. The molecular weight excluding hydrogens is 424 g/mol. The zero-order valence-electron chi connectivity index (χ0n) is 16.4. The van der Waals surface area contributed by atoms with Crippen LogP contribution in [0.4, 0.5) is 11.4 Å². The lowest BCUT2D eigenvalue weighted by Gasteiger charge is -2.21. The molecule has 3 rings (SSSR count). The first kappa shape index (κ1) is 22.0. The molecular formula is C20H21ClN6O4. The molecule has 10 nitrogen and oxygen atoms in total. The lowest BCUT2D eigenvalue weighted by Crippen LogP contribution is -2.36. The average Bonchev–Trinajstić information content (AvgIpc) is 3.10. The first-order chi connectivity index (χ1) is 14.7. The molecule has 1 aliphatic heterocycles. The summed E-state index contributed by atoms with van der Waals surface area (Å²) in [5.74, 6) is -2.61. The topological polar surface area (TPSA) is 164 Å². The maximum atomic E-state index is 12.8. The minimum Gasteiger partial charge on any atom is -0.481 e. The zero-order valence-corrected chi connectivity index (χ0v) is 17.1. The van der Waals surface area contributed by atoms with Crippen molar-refractivity contribution in [2.45, 2.75) is 18.9 Å². The van der Waals surface area contributed by atoms with Gasteiger partial charge >= 0.3 is 5.97 Å². The fourth-order valence-corrected chi connectivity index (χ4v) is 3.56. The van der Waals surface area contributed by atoms with Gasteiger partial charge in [0.1, 0.15) is 0 Å². The largest absolute Gasteiger partial charge is 0.481 e. The number of aliphatic carboxylic acids is 1. The molecule has 2 amide bonds. The molecule has 2 heterocycles. The molecule has 2 aromatic rings. The highest BCUT2D eigenvalue weighted by atomic mass is 35.5. The molecule has 1 saturated heterocycles. The standard InChI is InChI=1S/C20H21ClN6O4/c21-14-4-3-13(25-20(22)23)7-16(14)27-10-12(6-17(27)28)19(31)26-15(8-18(29)30)11-2-1-5-24-9-11/h1-5,7,9,12,15H,6,8,10H2,(H,26,31)(H,29,30)(H4,22,23,25). The Kier molecular flexibility index (Phi) is 6.71. The number of aromatic nitrogens is 1. The van der Waals surface area contributed by atoms with E-state index in [9.17, 15) is 19.5 Å². The van der Waals surface area contributed by atoms with Crippen molar-refractivity contribution in [3.05, 3.63) is 53.3 Å². The number of aliphatic imine (C=N–C) groups is 1. The number of hydrogen-bond donors (Lipinski definition) is 4. The van der Waals surface area contributed by atoms with Crippen LogP contribution in [0.2, 0.25) is 5.02 Å². The number of rotatable bonds is 7. The number of nitrogens with one attached hydrogen (secondary N) is 1. The Hall–Kier alpha value is -3.66. The molecule has 31 heavy (non-hydrogen) atoms. The minimum atomic E-state index is -1.07. The number of halogens is 1. The van der Waals surface area contributed by atoms with Gasteiger partial charge in [0.15, 0.2) is 5.96 Å². The predicted molar refractivity (Wildman–Crippen MR) is 115 cm³/mol. The van der Waals surface area contributed by atoms with Crippen molar-refractivity contribution in [3.63, 3.8) is 0 Å². The third kappa shape index (κ3) is 5.48. The van der Waals surface area contributed by atoms with Crippen LogP contribution in [0.15, 0.2) is 47.7 Å². The van der Waals surface area contributed by atoms with Gasteiger partial charge < -0.3 is 26.8 Å². The predicted octanol–water partition coefficient (Wildman–Crippen LogP) is 1.32. The van der Waals surface area contributed by atoms with E-state index in [1.807, 2.05) is 0 Å². The summed E-state index contributed by atoms with van der Waals surface area (Å²) in [5.41, 5.74) is 12.2. The highest BCUT2D eigenvalue weighted by Gasteiger charge is 2.37. The number of guanidine groups is 1. The minimum absolute atomic E-state index is 0.0402. The third-order valence-corrected chi connectivity index (χ3v) is 5.08. The average molecular weight is 445 g/mol. The third-order valence-electron chi connectivity index (χ3n) is 4.76. The summed E-state index contributed by atoms with van der Waals surface area (Å²) in [6.07, 6.45) is 2.70. The van der Waals surface area contributed by atoms with E-state index in [1.54, 1.807) is 36.5 Å². The van der Waals surface area contributed by atoms with Gasteiger partial charge in [-0.05, 0) is 29.8 Å².